The molecule has 3 heteroatoms. The fraction of sp³-hybridized carbons (Fsp3) is 0.417. The smallest absolute Gasteiger partial charge is 0.251 e. The zero-order valence-electron chi connectivity index (χ0n) is 9.08. The molecule has 3 nitrogen and oxygen atoms in total. The van der Waals surface area contributed by atoms with Crippen LogP contribution in [0.3, 0.4) is 0 Å². The number of benzene rings is 1. The first-order chi connectivity index (χ1) is 7.08. The third-order valence-electron chi connectivity index (χ3n) is 2.97. The van der Waals surface area contributed by atoms with Gasteiger partial charge in [0.25, 0.3) is 5.91 Å². The lowest BCUT2D eigenvalue weighted by Crippen LogP contribution is -2.26. The molecule has 0 bridgehead atoms. The number of nitrogens with one attached hydrogen (secondary N) is 1. The minimum absolute atomic E-state index is 0.0175. The predicted octanol–water partition coefficient (Wildman–Crippen LogP) is 1.72. The van der Waals surface area contributed by atoms with Gasteiger partial charge < -0.3 is 11.1 Å². The molecular weight excluding hydrogens is 188 g/mol. The van der Waals surface area contributed by atoms with Crippen molar-refractivity contribution in [1.29, 1.82) is 0 Å². The fourth-order valence-electron chi connectivity index (χ4n) is 1.56. The minimum Gasteiger partial charge on any atom is -0.398 e. The van der Waals surface area contributed by atoms with Crippen molar-refractivity contribution in [1.82, 2.24) is 5.32 Å². The van der Waals surface area contributed by atoms with Crippen LogP contribution in [0.15, 0.2) is 18.2 Å². The van der Waals surface area contributed by atoms with Gasteiger partial charge in [0, 0.05) is 17.3 Å². The average Bonchev–Trinajstić information content (AvgIpc) is 2.86. The number of hydrogen-bond acceptors (Lipinski definition) is 2. The van der Waals surface area contributed by atoms with E-state index in [1.807, 2.05) is 19.1 Å². The van der Waals surface area contributed by atoms with E-state index in [4.69, 9.17) is 5.73 Å². The van der Waals surface area contributed by atoms with Crippen LogP contribution in [0.1, 0.15) is 29.3 Å². The number of carbonyl (C=O) groups is 1. The topological polar surface area (TPSA) is 55.1 Å². The van der Waals surface area contributed by atoms with Gasteiger partial charge in [-0.15, -0.1) is 0 Å². The maximum Gasteiger partial charge on any atom is 0.251 e. The molecule has 2 atom stereocenters. The van der Waals surface area contributed by atoms with Crippen molar-refractivity contribution in [3.05, 3.63) is 29.3 Å². The third-order valence-corrected chi connectivity index (χ3v) is 2.97. The lowest BCUT2D eigenvalue weighted by atomic mass is 10.1. The van der Waals surface area contributed by atoms with E-state index in [0.717, 1.165) is 12.0 Å². The molecule has 0 radical (unpaired) electrons. The van der Waals surface area contributed by atoms with Gasteiger partial charge in [0.1, 0.15) is 0 Å². The van der Waals surface area contributed by atoms with E-state index in [9.17, 15) is 4.79 Å². The van der Waals surface area contributed by atoms with Crippen LogP contribution >= 0.6 is 0 Å². The van der Waals surface area contributed by atoms with Crippen molar-refractivity contribution in [2.45, 2.75) is 26.3 Å². The molecule has 1 aliphatic rings. The molecule has 1 amide bonds. The Balaban J connectivity index is 2.08. The van der Waals surface area contributed by atoms with Crippen LogP contribution in [0.25, 0.3) is 0 Å². The van der Waals surface area contributed by atoms with E-state index >= 15 is 0 Å². The molecule has 3 N–H and O–H groups in total. The fourth-order valence-corrected chi connectivity index (χ4v) is 1.56. The molecule has 0 aromatic heterocycles. The summed E-state index contributed by atoms with van der Waals surface area (Å²) in [5.41, 5.74) is 8.08. The molecule has 80 valence electrons. The van der Waals surface area contributed by atoms with E-state index in [1.54, 1.807) is 6.07 Å². The molecule has 15 heavy (non-hydrogen) atoms. The van der Waals surface area contributed by atoms with E-state index in [-0.39, 0.29) is 5.91 Å². The second-order valence-electron chi connectivity index (χ2n) is 4.36. The number of anilines is 1. The van der Waals surface area contributed by atoms with Gasteiger partial charge in [0.05, 0.1) is 0 Å². The summed E-state index contributed by atoms with van der Waals surface area (Å²) in [7, 11) is 0. The summed E-state index contributed by atoms with van der Waals surface area (Å²) in [6.07, 6.45) is 1.09. The van der Waals surface area contributed by atoms with E-state index in [2.05, 4.69) is 12.2 Å². The first-order valence-electron chi connectivity index (χ1n) is 5.25. The van der Waals surface area contributed by atoms with Crippen LogP contribution in [-0.2, 0) is 0 Å². The van der Waals surface area contributed by atoms with Gasteiger partial charge in [0.15, 0.2) is 0 Å². The second kappa shape index (κ2) is 3.57. The molecule has 2 rings (SSSR count). The lowest BCUT2D eigenvalue weighted by Gasteiger charge is -2.06. The molecule has 1 aromatic carbocycles. The molecule has 0 aliphatic heterocycles. The molecule has 0 spiro atoms. The molecule has 0 saturated heterocycles. The predicted molar refractivity (Wildman–Crippen MR) is 60.6 cm³/mol. The van der Waals surface area contributed by atoms with E-state index in [0.29, 0.717) is 23.2 Å². The highest BCUT2D eigenvalue weighted by Crippen LogP contribution is 2.29. The van der Waals surface area contributed by atoms with Gasteiger partial charge in [-0.05, 0) is 37.0 Å². The monoisotopic (exact) mass is 204 g/mol. The molecule has 1 aromatic rings. The van der Waals surface area contributed by atoms with Crippen LogP contribution in [0.5, 0.6) is 0 Å². The van der Waals surface area contributed by atoms with Gasteiger partial charge in [0.2, 0.25) is 0 Å². The first-order valence-corrected chi connectivity index (χ1v) is 5.25. The van der Waals surface area contributed by atoms with Crippen molar-refractivity contribution >= 4 is 11.6 Å². The van der Waals surface area contributed by atoms with Gasteiger partial charge >= 0.3 is 0 Å². The summed E-state index contributed by atoms with van der Waals surface area (Å²) < 4.78 is 0. The van der Waals surface area contributed by atoms with Gasteiger partial charge in [-0.25, -0.2) is 0 Å². The van der Waals surface area contributed by atoms with Crippen molar-refractivity contribution in [3.63, 3.8) is 0 Å². The van der Waals surface area contributed by atoms with Crippen LogP contribution in [0.4, 0.5) is 5.69 Å². The molecular formula is C12H16N2O. The van der Waals surface area contributed by atoms with Crippen LogP contribution in [0.2, 0.25) is 0 Å². The summed E-state index contributed by atoms with van der Waals surface area (Å²) in [4.78, 5) is 11.7. The zero-order valence-corrected chi connectivity index (χ0v) is 9.08. The van der Waals surface area contributed by atoms with Gasteiger partial charge in [-0.2, -0.15) is 0 Å². The van der Waals surface area contributed by atoms with Crippen LogP contribution < -0.4 is 11.1 Å². The Morgan fingerprint density at radius 3 is 2.73 bits per heavy atom. The molecule has 1 fully saturated rings. The molecule has 0 heterocycles. The normalized spacial score (nSPS) is 23.6. The number of aryl methyl sites for hydroxylation is 1. The van der Waals surface area contributed by atoms with Crippen molar-refractivity contribution < 1.29 is 4.79 Å². The number of carbonyl (C=O) groups excluding carboxylic acids is 1. The molecule has 1 aliphatic carbocycles. The largest absolute Gasteiger partial charge is 0.398 e. The van der Waals surface area contributed by atoms with Crippen LogP contribution in [0, 0.1) is 12.8 Å². The second-order valence-corrected chi connectivity index (χ2v) is 4.36. The van der Waals surface area contributed by atoms with Crippen molar-refractivity contribution in [2.75, 3.05) is 5.73 Å². The average molecular weight is 204 g/mol. The maximum absolute atomic E-state index is 11.7. The van der Waals surface area contributed by atoms with E-state index < -0.39 is 0 Å². The van der Waals surface area contributed by atoms with Gasteiger partial charge in [-0.1, -0.05) is 13.0 Å². The quantitative estimate of drug-likeness (QED) is 0.721. The third kappa shape index (κ3) is 2.12. The Hall–Kier alpha value is -1.51. The maximum atomic E-state index is 11.7. The highest BCUT2D eigenvalue weighted by atomic mass is 16.1. The summed E-state index contributed by atoms with van der Waals surface area (Å²) in [6.45, 7) is 4.06. The Bertz CT molecular complexity index is 401. The highest BCUT2D eigenvalue weighted by molar-refractivity contribution is 5.95. The SMILES string of the molecule is Cc1ccc(C(=O)NC2CC2C)cc1N. The number of hydrogen-bond donors (Lipinski definition) is 2. The molecule has 1 saturated carbocycles. The summed E-state index contributed by atoms with van der Waals surface area (Å²) in [5, 5.41) is 2.97. The molecule has 2 unspecified atom stereocenters. The Kier molecular flexibility index (Phi) is 2.39. The Morgan fingerprint density at radius 1 is 1.53 bits per heavy atom. The Labute approximate surface area is 89.7 Å². The minimum atomic E-state index is -0.0175. The van der Waals surface area contributed by atoms with E-state index in [1.165, 1.54) is 0 Å². The van der Waals surface area contributed by atoms with Gasteiger partial charge in [-0.3, -0.25) is 4.79 Å². The van der Waals surface area contributed by atoms with Crippen molar-refractivity contribution in [2.24, 2.45) is 5.92 Å². The summed E-state index contributed by atoms with van der Waals surface area (Å²) in [5.74, 6) is 0.604. The lowest BCUT2D eigenvalue weighted by molar-refractivity contribution is 0.0949. The summed E-state index contributed by atoms with van der Waals surface area (Å²) >= 11 is 0. The standard InChI is InChI=1S/C12H16N2O/c1-7-3-4-9(6-10(7)13)12(15)14-11-5-8(11)2/h3-4,6,8,11H,5,13H2,1-2H3,(H,14,15). The number of nitrogens with two attached hydrogens (primary N) is 1. The Morgan fingerprint density at radius 2 is 2.20 bits per heavy atom. The van der Waals surface area contributed by atoms with Crippen LogP contribution in [-0.4, -0.2) is 11.9 Å². The first kappa shape index (κ1) is 10.0. The number of amides is 1. The van der Waals surface area contributed by atoms with Crippen molar-refractivity contribution in [3.8, 4) is 0 Å². The summed E-state index contributed by atoms with van der Waals surface area (Å²) in [6, 6.07) is 5.78. The highest BCUT2D eigenvalue weighted by Gasteiger charge is 2.33. The zero-order chi connectivity index (χ0) is 11.0. The number of rotatable bonds is 2. The number of nitrogen functional groups attached to an aromatic ring is 1.